The number of rotatable bonds is 3. The highest BCUT2D eigenvalue weighted by molar-refractivity contribution is 5.88. The number of nitrogens with two attached hydrogens (primary N) is 1. The standard InChI is InChI=1S/C14H22N4O2/c1-17-8-4-5-10(9-17)18(2)13-11(15)6-7-12(16-13)14(19)20-3/h6-7,10H,4-5,8-9,15H2,1-3H3. The number of nitrogen functional groups attached to an aromatic ring is 1. The molecule has 1 aliphatic heterocycles. The maximum absolute atomic E-state index is 11.6. The van der Waals surface area contributed by atoms with E-state index in [2.05, 4.69) is 21.8 Å². The molecule has 1 unspecified atom stereocenters. The van der Waals surface area contributed by atoms with Gasteiger partial charge in [0.25, 0.3) is 0 Å². The molecule has 110 valence electrons. The zero-order valence-electron chi connectivity index (χ0n) is 12.3. The van der Waals surface area contributed by atoms with Crippen LogP contribution in [0.25, 0.3) is 0 Å². The highest BCUT2D eigenvalue weighted by Crippen LogP contribution is 2.25. The number of carbonyl (C=O) groups is 1. The van der Waals surface area contributed by atoms with E-state index in [-0.39, 0.29) is 5.69 Å². The molecule has 0 radical (unpaired) electrons. The minimum Gasteiger partial charge on any atom is -0.464 e. The van der Waals surface area contributed by atoms with E-state index in [4.69, 9.17) is 10.5 Å². The first kappa shape index (κ1) is 14.6. The number of nitrogens with zero attached hydrogens (tertiary/aromatic N) is 3. The van der Waals surface area contributed by atoms with E-state index in [9.17, 15) is 4.79 Å². The largest absolute Gasteiger partial charge is 0.464 e. The molecule has 0 spiro atoms. The zero-order chi connectivity index (χ0) is 14.7. The van der Waals surface area contributed by atoms with Crippen LogP contribution >= 0.6 is 0 Å². The molecule has 2 rings (SSSR count). The lowest BCUT2D eigenvalue weighted by atomic mass is 10.0. The van der Waals surface area contributed by atoms with Gasteiger partial charge in [0.1, 0.15) is 0 Å². The number of likely N-dealkylation sites (N-methyl/N-ethyl adjacent to an activating group) is 2. The predicted molar refractivity (Wildman–Crippen MR) is 78.9 cm³/mol. The minimum atomic E-state index is -0.444. The molecule has 0 amide bonds. The summed E-state index contributed by atoms with van der Waals surface area (Å²) < 4.78 is 4.70. The predicted octanol–water partition coefficient (Wildman–Crippen LogP) is 0.981. The summed E-state index contributed by atoms with van der Waals surface area (Å²) in [7, 11) is 5.44. The summed E-state index contributed by atoms with van der Waals surface area (Å²) in [5, 5.41) is 0. The number of hydrogen-bond donors (Lipinski definition) is 1. The lowest BCUT2D eigenvalue weighted by Gasteiger charge is -2.36. The van der Waals surface area contributed by atoms with Crippen molar-refractivity contribution in [3.63, 3.8) is 0 Å². The van der Waals surface area contributed by atoms with Crippen LogP contribution in [-0.4, -0.2) is 56.2 Å². The second-order valence-electron chi connectivity index (χ2n) is 5.27. The summed E-state index contributed by atoms with van der Waals surface area (Å²) in [6, 6.07) is 3.65. The van der Waals surface area contributed by atoms with Crippen LogP contribution in [0.2, 0.25) is 0 Å². The number of aromatic nitrogens is 1. The molecule has 20 heavy (non-hydrogen) atoms. The lowest BCUT2D eigenvalue weighted by Crippen LogP contribution is -2.45. The van der Waals surface area contributed by atoms with Gasteiger partial charge in [-0.25, -0.2) is 9.78 Å². The Kier molecular flexibility index (Phi) is 4.44. The van der Waals surface area contributed by atoms with E-state index < -0.39 is 5.97 Å². The van der Waals surface area contributed by atoms with Crippen molar-refractivity contribution >= 4 is 17.5 Å². The first-order valence-electron chi connectivity index (χ1n) is 6.79. The monoisotopic (exact) mass is 278 g/mol. The number of anilines is 2. The van der Waals surface area contributed by atoms with Crippen LogP contribution in [0.3, 0.4) is 0 Å². The summed E-state index contributed by atoms with van der Waals surface area (Å²) in [6.07, 6.45) is 2.26. The summed E-state index contributed by atoms with van der Waals surface area (Å²) >= 11 is 0. The van der Waals surface area contributed by atoms with Gasteiger partial charge in [-0.1, -0.05) is 0 Å². The first-order valence-corrected chi connectivity index (χ1v) is 6.79. The Balaban J connectivity index is 2.24. The van der Waals surface area contributed by atoms with Crippen LogP contribution in [-0.2, 0) is 4.74 Å². The van der Waals surface area contributed by atoms with Gasteiger partial charge in [0.05, 0.1) is 12.8 Å². The third-order valence-electron chi connectivity index (χ3n) is 3.78. The second kappa shape index (κ2) is 6.09. The molecule has 6 nitrogen and oxygen atoms in total. The van der Waals surface area contributed by atoms with E-state index in [0.29, 0.717) is 17.5 Å². The number of esters is 1. The van der Waals surface area contributed by atoms with E-state index in [0.717, 1.165) is 25.9 Å². The number of carbonyl (C=O) groups excluding carboxylic acids is 1. The van der Waals surface area contributed by atoms with Crippen molar-refractivity contribution < 1.29 is 9.53 Å². The molecule has 2 N–H and O–H groups in total. The molecule has 2 heterocycles. The average molecular weight is 278 g/mol. The van der Waals surface area contributed by atoms with Crippen LogP contribution in [0.15, 0.2) is 12.1 Å². The second-order valence-corrected chi connectivity index (χ2v) is 5.27. The van der Waals surface area contributed by atoms with Gasteiger partial charge in [0.2, 0.25) is 0 Å². The van der Waals surface area contributed by atoms with Gasteiger partial charge in [-0.3, -0.25) is 0 Å². The molecule has 1 atom stereocenters. The Labute approximate surface area is 119 Å². The smallest absolute Gasteiger partial charge is 0.356 e. The number of pyridine rings is 1. The van der Waals surface area contributed by atoms with Crippen molar-refractivity contribution in [2.24, 2.45) is 0 Å². The first-order chi connectivity index (χ1) is 9.52. The summed E-state index contributed by atoms with van der Waals surface area (Å²) in [6.45, 7) is 2.09. The molecule has 1 saturated heterocycles. The number of methoxy groups -OCH3 is 1. The molecule has 0 bridgehead atoms. The van der Waals surface area contributed by atoms with E-state index in [1.165, 1.54) is 7.11 Å². The Morgan fingerprint density at radius 3 is 2.95 bits per heavy atom. The SMILES string of the molecule is COC(=O)c1ccc(N)c(N(C)C2CCCN(C)C2)n1. The van der Waals surface area contributed by atoms with Crippen LogP contribution in [0.1, 0.15) is 23.3 Å². The van der Waals surface area contributed by atoms with E-state index in [1.807, 2.05) is 7.05 Å². The highest BCUT2D eigenvalue weighted by atomic mass is 16.5. The lowest BCUT2D eigenvalue weighted by molar-refractivity contribution is 0.0594. The fraction of sp³-hybridized carbons (Fsp3) is 0.571. The van der Waals surface area contributed by atoms with Crippen molar-refractivity contribution in [2.45, 2.75) is 18.9 Å². The molecule has 1 aromatic heterocycles. The molecule has 0 aliphatic carbocycles. The topological polar surface area (TPSA) is 71.7 Å². The summed E-state index contributed by atoms with van der Waals surface area (Å²) in [5.41, 5.74) is 6.87. The maximum atomic E-state index is 11.6. The van der Waals surface area contributed by atoms with Gasteiger partial charge in [-0.2, -0.15) is 0 Å². The Bertz CT molecular complexity index is 492. The molecular formula is C14H22N4O2. The van der Waals surface area contributed by atoms with Gasteiger partial charge in [0.15, 0.2) is 11.5 Å². The van der Waals surface area contributed by atoms with Crippen molar-refractivity contribution in [3.8, 4) is 0 Å². The van der Waals surface area contributed by atoms with Crippen LogP contribution in [0.4, 0.5) is 11.5 Å². The highest BCUT2D eigenvalue weighted by Gasteiger charge is 2.24. The molecule has 1 aliphatic rings. The third kappa shape index (κ3) is 3.01. The fourth-order valence-electron chi connectivity index (χ4n) is 2.59. The van der Waals surface area contributed by atoms with Crippen molar-refractivity contribution in [1.82, 2.24) is 9.88 Å². The Morgan fingerprint density at radius 2 is 2.30 bits per heavy atom. The number of hydrogen-bond acceptors (Lipinski definition) is 6. The molecule has 1 aromatic rings. The quantitative estimate of drug-likeness (QED) is 0.831. The van der Waals surface area contributed by atoms with Crippen molar-refractivity contribution in [2.75, 3.05) is 44.9 Å². The number of piperidine rings is 1. The van der Waals surface area contributed by atoms with E-state index >= 15 is 0 Å². The molecule has 0 aromatic carbocycles. The van der Waals surface area contributed by atoms with Crippen molar-refractivity contribution in [1.29, 1.82) is 0 Å². The molecule has 1 fully saturated rings. The Morgan fingerprint density at radius 1 is 1.55 bits per heavy atom. The zero-order valence-corrected chi connectivity index (χ0v) is 12.3. The summed E-state index contributed by atoms with van der Waals surface area (Å²) in [5.74, 6) is 0.202. The van der Waals surface area contributed by atoms with E-state index in [1.54, 1.807) is 12.1 Å². The maximum Gasteiger partial charge on any atom is 0.356 e. The number of ether oxygens (including phenoxy) is 1. The molecular weight excluding hydrogens is 256 g/mol. The summed E-state index contributed by atoms with van der Waals surface area (Å²) in [4.78, 5) is 20.3. The van der Waals surface area contributed by atoms with Gasteiger partial charge in [-0.05, 0) is 38.6 Å². The van der Waals surface area contributed by atoms with Crippen LogP contribution in [0.5, 0.6) is 0 Å². The number of likely N-dealkylation sites (tertiary alicyclic amines) is 1. The van der Waals surface area contributed by atoms with Crippen LogP contribution < -0.4 is 10.6 Å². The average Bonchev–Trinajstić information content (AvgIpc) is 2.46. The van der Waals surface area contributed by atoms with Gasteiger partial charge < -0.3 is 20.3 Å². The van der Waals surface area contributed by atoms with Gasteiger partial charge >= 0.3 is 5.97 Å². The minimum absolute atomic E-state index is 0.285. The fourth-order valence-corrected chi connectivity index (χ4v) is 2.59. The molecule has 0 saturated carbocycles. The molecule has 6 heteroatoms. The van der Waals surface area contributed by atoms with Gasteiger partial charge in [0, 0.05) is 19.6 Å². The van der Waals surface area contributed by atoms with Gasteiger partial charge in [-0.15, -0.1) is 0 Å². The normalized spacial score (nSPS) is 19.6. The van der Waals surface area contributed by atoms with Crippen molar-refractivity contribution in [3.05, 3.63) is 17.8 Å². The Hall–Kier alpha value is -1.82. The third-order valence-corrected chi connectivity index (χ3v) is 3.78. The van der Waals surface area contributed by atoms with Crippen LogP contribution in [0, 0.1) is 0 Å².